The van der Waals surface area contributed by atoms with Crippen LogP contribution in [0.3, 0.4) is 0 Å². The zero-order chi connectivity index (χ0) is 18.4. The maximum atomic E-state index is 12.8. The van der Waals surface area contributed by atoms with Gasteiger partial charge in [0, 0.05) is 32.4 Å². The molecule has 0 aliphatic carbocycles. The van der Waals surface area contributed by atoms with Gasteiger partial charge < -0.3 is 20.7 Å². The van der Waals surface area contributed by atoms with Crippen molar-refractivity contribution in [3.8, 4) is 5.75 Å². The molecule has 1 aromatic rings. The molecule has 1 atom stereocenters. The Balaban J connectivity index is 2.07. The number of amides is 3. The molecule has 0 unspecified atom stereocenters. The number of nitrogens with two attached hydrogens (primary N) is 1. The largest absolute Gasteiger partial charge is 0.497 e. The third-order valence-corrected chi connectivity index (χ3v) is 4.46. The molecule has 3 N–H and O–H groups in total. The average Bonchev–Trinajstić information content (AvgIpc) is 2.60. The highest BCUT2D eigenvalue weighted by molar-refractivity contribution is 5.87. The van der Waals surface area contributed by atoms with Crippen molar-refractivity contribution in [2.75, 3.05) is 20.2 Å². The number of hydrogen-bond acceptors (Lipinski definition) is 4. The summed E-state index contributed by atoms with van der Waals surface area (Å²) in [6, 6.07) is 6.77. The number of primary amides is 1. The molecular weight excluding hydrogens is 322 g/mol. The van der Waals surface area contributed by atoms with E-state index in [0.717, 1.165) is 5.56 Å². The minimum atomic E-state index is -0.644. The van der Waals surface area contributed by atoms with Crippen LogP contribution in [0.1, 0.15) is 25.3 Å². The molecule has 1 saturated heterocycles. The zero-order valence-corrected chi connectivity index (χ0v) is 14.7. The molecule has 1 heterocycles. The molecule has 0 spiro atoms. The molecule has 1 aliphatic rings. The second-order valence-corrected chi connectivity index (χ2v) is 6.31. The fourth-order valence-corrected chi connectivity index (χ4v) is 3.09. The summed E-state index contributed by atoms with van der Waals surface area (Å²) in [5.74, 6) is -0.188. The third kappa shape index (κ3) is 5.20. The average molecular weight is 347 g/mol. The number of nitrogens with one attached hydrogen (secondary N) is 1. The normalized spacial score (nSPS) is 16.2. The highest BCUT2D eigenvalue weighted by Crippen LogP contribution is 2.19. The van der Waals surface area contributed by atoms with Crippen LogP contribution in [0.2, 0.25) is 0 Å². The minimum Gasteiger partial charge on any atom is -0.497 e. The lowest BCUT2D eigenvalue weighted by Gasteiger charge is -2.33. The first-order valence-corrected chi connectivity index (χ1v) is 8.39. The monoisotopic (exact) mass is 347 g/mol. The van der Waals surface area contributed by atoms with E-state index in [1.807, 2.05) is 24.3 Å². The fraction of sp³-hybridized carbons (Fsp3) is 0.500. The summed E-state index contributed by atoms with van der Waals surface area (Å²) in [6.45, 7) is 2.34. The zero-order valence-electron chi connectivity index (χ0n) is 14.7. The Morgan fingerprint density at radius 3 is 2.56 bits per heavy atom. The van der Waals surface area contributed by atoms with Gasteiger partial charge in [-0.1, -0.05) is 12.1 Å². The predicted molar refractivity (Wildman–Crippen MR) is 92.8 cm³/mol. The van der Waals surface area contributed by atoms with E-state index in [-0.39, 0.29) is 23.6 Å². The molecule has 0 saturated carbocycles. The van der Waals surface area contributed by atoms with E-state index >= 15 is 0 Å². The summed E-state index contributed by atoms with van der Waals surface area (Å²) < 4.78 is 5.20. The molecule has 7 nitrogen and oxygen atoms in total. The lowest BCUT2D eigenvalue weighted by molar-refractivity contribution is -0.138. The summed E-state index contributed by atoms with van der Waals surface area (Å²) in [5.41, 5.74) is 6.23. The number of ether oxygens (including phenoxy) is 1. The van der Waals surface area contributed by atoms with Crippen LogP contribution < -0.4 is 15.8 Å². The molecule has 25 heavy (non-hydrogen) atoms. The van der Waals surface area contributed by atoms with Crippen LogP contribution in [-0.4, -0.2) is 48.9 Å². The van der Waals surface area contributed by atoms with Gasteiger partial charge >= 0.3 is 0 Å². The van der Waals surface area contributed by atoms with Crippen molar-refractivity contribution in [2.45, 2.75) is 32.2 Å². The lowest BCUT2D eigenvalue weighted by Crippen LogP contribution is -2.52. The molecule has 0 aromatic heterocycles. The number of carbonyl (C=O) groups excluding carboxylic acids is 3. The number of methoxy groups -OCH3 is 1. The number of benzene rings is 1. The number of likely N-dealkylation sites (tertiary alicyclic amines) is 1. The fourth-order valence-electron chi connectivity index (χ4n) is 3.09. The summed E-state index contributed by atoms with van der Waals surface area (Å²) >= 11 is 0. The molecule has 1 fully saturated rings. The summed E-state index contributed by atoms with van der Waals surface area (Å²) in [4.78, 5) is 37.3. The first-order valence-electron chi connectivity index (χ1n) is 8.39. The van der Waals surface area contributed by atoms with Crippen molar-refractivity contribution < 1.29 is 19.1 Å². The van der Waals surface area contributed by atoms with Crippen LogP contribution in [-0.2, 0) is 20.8 Å². The molecular formula is C18H25N3O4. The van der Waals surface area contributed by atoms with Crippen LogP contribution in [0.25, 0.3) is 0 Å². The maximum absolute atomic E-state index is 12.8. The van der Waals surface area contributed by atoms with Gasteiger partial charge in [-0.3, -0.25) is 14.4 Å². The first kappa shape index (κ1) is 18.8. The highest BCUT2D eigenvalue weighted by Gasteiger charge is 2.30. The van der Waals surface area contributed by atoms with Gasteiger partial charge in [0.25, 0.3) is 0 Å². The quantitative estimate of drug-likeness (QED) is 0.781. The molecule has 0 radical (unpaired) electrons. The predicted octanol–water partition coefficient (Wildman–Crippen LogP) is 0.466. The molecule has 2 rings (SSSR count). The van der Waals surface area contributed by atoms with Gasteiger partial charge in [-0.15, -0.1) is 0 Å². The summed E-state index contributed by atoms with van der Waals surface area (Å²) in [5, 5.41) is 2.73. The van der Waals surface area contributed by atoms with Gasteiger partial charge in [0.2, 0.25) is 17.7 Å². The van der Waals surface area contributed by atoms with E-state index in [9.17, 15) is 14.4 Å². The van der Waals surface area contributed by atoms with Crippen LogP contribution in [0.5, 0.6) is 5.75 Å². The van der Waals surface area contributed by atoms with Crippen molar-refractivity contribution in [3.05, 3.63) is 29.8 Å². The third-order valence-electron chi connectivity index (χ3n) is 4.46. The van der Waals surface area contributed by atoms with Crippen molar-refractivity contribution in [1.82, 2.24) is 10.2 Å². The van der Waals surface area contributed by atoms with Crippen LogP contribution in [0.15, 0.2) is 24.3 Å². The minimum absolute atomic E-state index is 0.138. The van der Waals surface area contributed by atoms with Gasteiger partial charge in [0.05, 0.1) is 7.11 Å². The Morgan fingerprint density at radius 1 is 1.32 bits per heavy atom. The van der Waals surface area contributed by atoms with Crippen molar-refractivity contribution in [3.63, 3.8) is 0 Å². The van der Waals surface area contributed by atoms with Crippen molar-refractivity contribution in [1.29, 1.82) is 0 Å². The number of hydrogen-bond donors (Lipinski definition) is 2. The Morgan fingerprint density at radius 2 is 2.00 bits per heavy atom. The van der Waals surface area contributed by atoms with Gasteiger partial charge in [-0.2, -0.15) is 0 Å². The van der Waals surface area contributed by atoms with Crippen LogP contribution in [0, 0.1) is 5.92 Å². The van der Waals surface area contributed by atoms with Gasteiger partial charge in [-0.25, -0.2) is 0 Å². The number of carbonyl (C=O) groups is 3. The number of piperidine rings is 1. The summed E-state index contributed by atoms with van der Waals surface area (Å²) in [6.07, 6.45) is 1.51. The second-order valence-electron chi connectivity index (χ2n) is 6.31. The molecule has 0 bridgehead atoms. The van der Waals surface area contributed by atoms with Gasteiger partial charge in [0.15, 0.2) is 0 Å². The maximum Gasteiger partial charge on any atom is 0.245 e. The van der Waals surface area contributed by atoms with Crippen LogP contribution >= 0.6 is 0 Å². The Kier molecular flexibility index (Phi) is 6.38. The molecule has 1 aromatic carbocycles. The highest BCUT2D eigenvalue weighted by atomic mass is 16.5. The lowest BCUT2D eigenvalue weighted by atomic mass is 9.95. The van der Waals surface area contributed by atoms with E-state index < -0.39 is 6.04 Å². The number of rotatable bonds is 6. The standard InChI is InChI=1S/C18H25N3O4/c1-12(22)20-16(11-13-4-3-5-15(10-13)25-2)18(24)21-8-6-14(7-9-21)17(19)23/h3-5,10,14,16H,6-9,11H2,1-2H3,(H2,19,23)(H,20,22)/t16-/m1/s1. The SMILES string of the molecule is COc1cccc(C[C@@H](NC(C)=O)C(=O)N2CCC(C(N)=O)CC2)c1. The van der Waals surface area contributed by atoms with E-state index in [4.69, 9.17) is 10.5 Å². The molecule has 136 valence electrons. The number of nitrogens with zero attached hydrogens (tertiary/aromatic N) is 1. The molecule has 1 aliphatic heterocycles. The van der Waals surface area contributed by atoms with E-state index in [1.165, 1.54) is 6.92 Å². The Labute approximate surface area is 147 Å². The van der Waals surface area contributed by atoms with Gasteiger partial charge in [0.1, 0.15) is 11.8 Å². The summed E-state index contributed by atoms with van der Waals surface area (Å²) in [7, 11) is 1.58. The van der Waals surface area contributed by atoms with E-state index in [2.05, 4.69) is 5.32 Å². The van der Waals surface area contributed by atoms with Crippen molar-refractivity contribution >= 4 is 17.7 Å². The Hall–Kier alpha value is -2.57. The van der Waals surface area contributed by atoms with Crippen molar-refractivity contribution in [2.24, 2.45) is 11.7 Å². The molecule has 3 amide bonds. The van der Waals surface area contributed by atoms with E-state index in [1.54, 1.807) is 12.0 Å². The Bertz CT molecular complexity index is 639. The van der Waals surface area contributed by atoms with Crippen LogP contribution in [0.4, 0.5) is 0 Å². The first-order chi connectivity index (χ1) is 11.9. The second kappa shape index (κ2) is 8.50. The van der Waals surface area contributed by atoms with E-state index in [0.29, 0.717) is 38.1 Å². The van der Waals surface area contributed by atoms with Gasteiger partial charge in [-0.05, 0) is 30.5 Å². The topological polar surface area (TPSA) is 102 Å². The smallest absolute Gasteiger partial charge is 0.245 e. The molecule has 7 heteroatoms.